The molecule has 3 aromatic rings. The van der Waals surface area contributed by atoms with Gasteiger partial charge >= 0.3 is 0 Å². The maximum absolute atomic E-state index is 13.6. The minimum atomic E-state index is -0.849. The SMILES string of the molecule is CN(Cc1ccccc1)c1ncc(C(=O)Nc2c(F)cccc2F)cn1. The lowest BCUT2D eigenvalue weighted by Gasteiger charge is -2.17. The van der Waals surface area contributed by atoms with Crippen LogP contribution in [0.4, 0.5) is 20.4 Å². The summed E-state index contributed by atoms with van der Waals surface area (Å²) in [5.74, 6) is -1.95. The molecular formula is C19H16F2N4O. The summed E-state index contributed by atoms with van der Waals surface area (Å²) in [7, 11) is 1.83. The molecule has 7 heteroatoms. The molecule has 2 aromatic carbocycles. The zero-order valence-electron chi connectivity index (χ0n) is 14.0. The van der Waals surface area contributed by atoms with Gasteiger partial charge in [-0.25, -0.2) is 18.7 Å². The number of nitrogens with zero attached hydrogens (tertiary/aromatic N) is 3. The Morgan fingerprint density at radius 1 is 1.00 bits per heavy atom. The Hall–Kier alpha value is -3.35. The van der Waals surface area contributed by atoms with E-state index in [1.807, 2.05) is 42.3 Å². The lowest BCUT2D eigenvalue weighted by Crippen LogP contribution is -2.20. The number of halogens is 2. The van der Waals surface area contributed by atoms with Crippen LogP contribution in [0.25, 0.3) is 0 Å². The molecule has 0 aliphatic carbocycles. The fourth-order valence-corrected chi connectivity index (χ4v) is 2.37. The molecular weight excluding hydrogens is 338 g/mol. The molecule has 0 spiro atoms. The lowest BCUT2D eigenvalue weighted by molar-refractivity contribution is 0.102. The van der Waals surface area contributed by atoms with Crippen molar-refractivity contribution in [1.29, 1.82) is 0 Å². The van der Waals surface area contributed by atoms with Gasteiger partial charge < -0.3 is 10.2 Å². The zero-order chi connectivity index (χ0) is 18.5. The molecule has 132 valence electrons. The first-order chi connectivity index (χ1) is 12.5. The van der Waals surface area contributed by atoms with Crippen molar-refractivity contribution < 1.29 is 13.6 Å². The van der Waals surface area contributed by atoms with Crippen LogP contribution in [-0.4, -0.2) is 22.9 Å². The van der Waals surface area contributed by atoms with Gasteiger partial charge in [0.15, 0.2) is 0 Å². The number of para-hydroxylation sites is 1. The van der Waals surface area contributed by atoms with Gasteiger partial charge in [-0.05, 0) is 17.7 Å². The van der Waals surface area contributed by atoms with Gasteiger partial charge in [-0.15, -0.1) is 0 Å². The van der Waals surface area contributed by atoms with Gasteiger partial charge in [0.25, 0.3) is 5.91 Å². The Kier molecular flexibility index (Phi) is 5.17. The Bertz CT molecular complexity index is 881. The molecule has 0 bridgehead atoms. The van der Waals surface area contributed by atoms with E-state index in [1.165, 1.54) is 18.5 Å². The Balaban J connectivity index is 1.70. The fourth-order valence-electron chi connectivity index (χ4n) is 2.37. The van der Waals surface area contributed by atoms with Crippen molar-refractivity contribution in [3.8, 4) is 0 Å². The van der Waals surface area contributed by atoms with Gasteiger partial charge in [0, 0.05) is 26.0 Å². The van der Waals surface area contributed by atoms with Gasteiger partial charge in [0.1, 0.15) is 17.3 Å². The predicted molar refractivity (Wildman–Crippen MR) is 94.9 cm³/mol. The number of amides is 1. The van der Waals surface area contributed by atoms with Crippen LogP contribution >= 0.6 is 0 Å². The van der Waals surface area contributed by atoms with Gasteiger partial charge in [0.05, 0.1) is 5.56 Å². The smallest absolute Gasteiger partial charge is 0.258 e. The summed E-state index contributed by atoms with van der Waals surface area (Å²) in [5, 5.41) is 2.20. The van der Waals surface area contributed by atoms with E-state index in [0.717, 1.165) is 17.7 Å². The molecule has 0 radical (unpaired) electrons. The van der Waals surface area contributed by atoms with E-state index in [-0.39, 0.29) is 5.56 Å². The number of benzene rings is 2. The van der Waals surface area contributed by atoms with E-state index in [1.54, 1.807) is 0 Å². The lowest BCUT2D eigenvalue weighted by atomic mass is 10.2. The minimum Gasteiger partial charge on any atom is -0.340 e. The average Bonchev–Trinajstić information content (AvgIpc) is 2.65. The fraction of sp³-hybridized carbons (Fsp3) is 0.105. The molecule has 5 nitrogen and oxygen atoms in total. The second-order valence-corrected chi connectivity index (χ2v) is 5.66. The summed E-state index contributed by atoms with van der Waals surface area (Å²) in [6.45, 7) is 0.604. The van der Waals surface area contributed by atoms with Crippen LogP contribution in [-0.2, 0) is 6.54 Å². The third-order valence-electron chi connectivity index (χ3n) is 3.71. The van der Waals surface area contributed by atoms with Crippen LogP contribution in [0.3, 0.4) is 0 Å². The van der Waals surface area contributed by atoms with Crippen LogP contribution in [0.1, 0.15) is 15.9 Å². The molecule has 0 fully saturated rings. The monoisotopic (exact) mass is 354 g/mol. The molecule has 0 aliphatic rings. The van der Waals surface area contributed by atoms with E-state index < -0.39 is 23.2 Å². The van der Waals surface area contributed by atoms with Crippen molar-refractivity contribution in [2.24, 2.45) is 0 Å². The number of anilines is 2. The summed E-state index contributed by atoms with van der Waals surface area (Å²) < 4.78 is 27.2. The highest BCUT2D eigenvalue weighted by molar-refractivity contribution is 6.04. The van der Waals surface area contributed by atoms with Gasteiger partial charge in [-0.1, -0.05) is 36.4 Å². The first-order valence-electron chi connectivity index (χ1n) is 7.87. The average molecular weight is 354 g/mol. The number of aromatic nitrogens is 2. The Morgan fingerprint density at radius 2 is 1.62 bits per heavy atom. The van der Waals surface area contributed by atoms with Crippen molar-refractivity contribution in [2.75, 3.05) is 17.3 Å². The van der Waals surface area contributed by atoms with Gasteiger partial charge in [-0.3, -0.25) is 4.79 Å². The highest BCUT2D eigenvalue weighted by atomic mass is 19.1. The van der Waals surface area contributed by atoms with Crippen LogP contribution in [0.15, 0.2) is 60.9 Å². The summed E-state index contributed by atoms with van der Waals surface area (Å²) >= 11 is 0. The first-order valence-corrected chi connectivity index (χ1v) is 7.87. The van der Waals surface area contributed by atoms with Crippen molar-refractivity contribution in [2.45, 2.75) is 6.54 Å². The molecule has 0 saturated carbocycles. The van der Waals surface area contributed by atoms with Crippen molar-refractivity contribution in [3.05, 3.63) is 83.7 Å². The molecule has 0 atom stereocenters. The summed E-state index contributed by atoms with van der Waals surface area (Å²) in [6, 6.07) is 13.2. The second-order valence-electron chi connectivity index (χ2n) is 5.66. The quantitative estimate of drug-likeness (QED) is 0.760. The van der Waals surface area contributed by atoms with Crippen LogP contribution < -0.4 is 10.2 Å². The third-order valence-corrected chi connectivity index (χ3v) is 3.71. The largest absolute Gasteiger partial charge is 0.340 e. The zero-order valence-corrected chi connectivity index (χ0v) is 14.0. The maximum atomic E-state index is 13.6. The van der Waals surface area contributed by atoms with Crippen molar-refractivity contribution in [1.82, 2.24) is 9.97 Å². The molecule has 0 aliphatic heterocycles. The topological polar surface area (TPSA) is 58.1 Å². The van der Waals surface area contributed by atoms with E-state index in [0.29, 0.717) is 12.5 Å². The first kappa shape index (κ1) is 17.5. The normalized spacial score (nSPS) is 10.4. The number of carbonyl (C=O) groups excluding carboxylic acids is 1. The van der Waals surface area contributed by atoms with E-state index in [9.17, 15) is 13.6 Å². The number of nitrogens with one attached hydrogen (secondary N) is 1. The summed E-state index contributed by atoms with van der Waals surface area (Å²) in [4.78, 5) is 22.3. The third kappa shape index (κ3) is 4.00. The van der Waals surface area contributed by atoms with Crippen molar-refractivity contribution in [3.63, 3.8) is 0 Å². The van der Waals surface area contributed by atoms with Gasteiger partial charge in [-0.2, -0.15) is 0 Å². The number of carbonyl (C=O) groups is 1. The van der Waals surface area contributed by atoms with E-state index in [2.05, 4.69) is 15.3 Å². The predicted octanol–water partition coefficient (Wildman–Crippen LogP) is 3.64. The van der Waals surface area contributed by atoms with Crippen molar-refractivity contribution >= 4 is 17.5 Å². The Morgan fingerprint density at radius 3 is 2.23 bits per heavy atom. The van der Waals surface area contributed by atoms with Crippen LogP contribution in [0.5, 0.6) is 0 Å². The highest BCUT2D eigenvalue weighted by Gasteiger charge is 2.14. The number of hydrogen-bond acceptors (Lipinski definition) is 4. The summed E-state index contributed by atoms with van der Waals surface area (Å²) in [6.07, 6.45) is 2.63. The summed E-state index contributed by atoms with van der Waals surface area (Å²) in [5.41, 5.74) is 0.697. The number of hydrogen-bond donors (Lipinski definition) is 1. The molecule has 3 rings (SSSR count). The standard InChI is InChI=1S/C19H16F2N4O/c1-25(12-13-6-3-2-4-7-13)19-22-10-14(11-23-19)18(26)24-17-15(20)8-5-9-16(17)21/h2-11H,12H2,1H3,(H,24,26). The maximum Gasteiger partial charge on any atom is 0.258 e. The minimum absolute atomic E-state index is 0.101. The molecule has 26 heavy (non-hydrogen) atoms. The molecule has 1 N–H and O–H groups in total. The van der Waals surface area contributed by atoms with Crippen LogP contribution in [0.2, 0.25) is 0 Å². The van der Waals surface area contributed by atoms with E-state index in [4.69, 9.17) is 0 Å². The second kappa shape index (κ2) is 7.69. The number of rotatable bonds is 5. The van der Waals surface area contributed by atoms with Crippen LogP contribution in [0, 0.1) is 11.6 Å². The molecule has 0 saturated heterocycles. The highest BCUT2D eigenvalue weighted by Crippen LogP contribution is 2.19. The van der Waals surface area contributed by atoms with E-state index >= 15 is 0 Å². The molecule has 1 aromatic heterocycles. The molecule has 1 heterocycles. The van der Waals surface area contributed by atoms with Gasteiger partial charge in [0.2, 0.25) is 5.95 Å². The Labute approximate surface area is 149 Å². The molecule has 0 unspecified atom stereocenters. The molecule has 1 amide bonds.